The molecule has 0 heterocycles. The molecule has 2 heteroatoms. The molecular weight excluding hydrogens is 150 g/mol. The Morgan fingerprint density at radius 3 is 2.17 bits per heavy atom. The fraction of sp³-hybridized carbons (Fsp3) is 1.00. The third-order valence-corrected chi connectivity index (χ3v) is 2.01. The predicted molar refractivity (Wildman–Crippen MR) is 53.5 cm³/mol. The van der Waals surface area contributed by atoms with Gasteiger partial charge in [0.2, 0.25) is 0 Å². The lowest BCUT2D eigenvalue weighted by Crippen LogP contribution is -2.31. The Hall–Kier alpha value is -0.0800. The van der Waals surface area contributed by atoms with Crippen molar-refractivity contribution in [2.24, 2.45) is 0 Å². The lowest BCUT2D eigenvalue weighted by atomic mass is 10.1. The van der Waals surface area contributed by atoms with Crippen molar-refractivity contribution in [3.63, 3.8) is 0 Å². The van der Waals surface area contributed by atoms with Gasteiger partial charge in [0.15, 0.2) is 0 Å². The zero-order valence-corrected chi connectivity index (χ0v) is 8.73. The van der Waals surface area contributed by atoms with Crippen molar-refractivity contribution >= 4 is 0 Å². The summed E-state index contributed by atoms with van der Waals surface area (Å²) in [5.74, 6) is 0. The quantitative estimate of drug-likeness (QED) is 0.568. The third kappa shape index (κ3) is 6.62. The monoisotopic (exact) mass is 173 g/mol. The molecule has 0 fully saturated rings. The first kappa shape index (κ1) is 11.9. The van der Waals surface area contributed by atoms with Gasteiger partial charge in [0.1, 0.15) is 0 Å². The zero-order chi connectivity index (χ0) is 9.23. The molecule has 0 saturated heterocycles. The van der Waals surface area contributed by atoms with E-state index in [2.05, 4.69) is 19.2 Å². The van der Waals surface area contributed by atoms with E-state index in [4.69, 9.17) is 4.74 Å². The topological polar surface area (TPSA) is 21.3 Å². The second-order valence-electron chi connectivity index (χ2n) is 3.22. The van der Waals surface area contributed by atoms with E-state index < -0.39 is 0 Å². The molecule has 0 aromatic rings. The van der Waals surface area contributed by atoms with Gasteiger partial charge in [-0.15, -0.1) is 0 Å². The zero-order valence-electron chi connectivity index (χ0n) is 8.73. The number of rotatable bonds is 8. The van der Waals surface area contributed by atoms with E-state index in [1.807, 2.05) is 0 Å². The van der Waals surface area contributed by atoms with Crippen molar-refractivity contribution in [3.05, 3.63) is 0 Å². The van der Waals surface area contributed by atoms with Crippen LogP contribution >= 0.6 is 0 Å². The molecular formula is C10H23NO. The summed E-state index contributed by atoms with van der Waals surface area (Å²) in [7, 11) is 1.75. The summed E-state index contributed by atoms with van der Waals surface area (Å²) < 4.78 is 4.99. The van der Waals surface area contributed by atoms with Crippen LogP contribution in [0.5, 0.6) is 0 Å². The van der Waals surface area contributed by atoms with Crippen molar-refractivity contribution in [1.82, 2.24) is 5.32 Å². The molecule has 0 aliphatic heterocycles. The minimum atomic E-state index is 0.704. The molecule has 74 valence electrons. The maximum absolute atomic E-state index is 4.99. The molecule has 0 spiro atoms. The van der Waals surface area contributed by atoms with Crippen LogP contribution in [0, 0.1) is 0 Å². The van der Waals surface area contributed by atoms with Gasteiger partial charge in [0.05, 0.1) is 6.61 Å². The summed E-state index contributed by atoms with van der Waals surface area (Å²) in [4.78, 5) is 0. The lowest BCUT2D eigenvalue weighted by molar-refractivity contribution is 0.194. The normalized spacial score (nSPS) is 11.0. The van der Waals surface area contributed by atoms with Gasteiger partial charge in [-0.3, -0.25) is 0 Å². The summed E-state index contributed by atoms with van der Waals surface area (Å²) in [6, 6.07) is 0.704. The Bertz CT molecular complexity index is 79.9. The van der Waals surface area contributed by atoms with Gasteiger partial charge in [0.25, 0.3) is 0 Å². The summed E-state index contributed by atoms with van der Waals surface area (Å²) in [6.07, 6.45) is 5.12. The van der Waals surface area contributed by atoms with Crippen LogP contribution in [0.3, 0.4) is 0 Å². The van der Waals surface area contributed by atoms with Crippen LogP contribution in [0.25, 0.3) is 0 Å². The molecule has 1 N–H and O–H groups in total. The second kappa shape index (κ2) is 9.01. The fourth-order valence-electron chi connectivity index (χ4n) is 1.41. The van der Waals surface area contributed by atoms with E-state index >= 15 is 0 Å². The van der Waals surface area contributed by atoms with Gasteiger partial charge in [-0.2, -0.15) is 0 Å². The average molecular weight is 173 g/mol. The largest absolute Gasteiger partial charge is 0.383 e. The molecule has 2 nitrogen and oxygen atoms in total. The smallest absolute Gasteiger partial charge is 0.0587 e. The molecule has 0 bridgehead atoms. The summed E-state index contributed by atoms with van der Waals surface area (Å²) >= 11 is 0. The maximum Gasteiger partial charge on any atom is 0.0587 e. The molecule has 0 aliphatic rings. The Morgan fingerprint density at radius 1 is 1.17 bits per heavy atom. The molecule has 12 heavy (non-hydrogen) atoms. The van der Waals surface area contributed by atoms with Gasteiger partial charge in [-0.25, -0.2) is 0 Å². The average Bonchev–Trinajstić information content (AvgIpc) is 2.06. The fourth-order valence-corrected chi connectivity index (χ4v) is 1.41. The van der Waals surface area contributed by atoms with Gasteiger partial charge < -0.3 is 10.1 Å². The second-order valence-corrected chi connectivity index (χ2v) is 3.22. The number of hydrogen-bond acceptors (Lipinski definition) is 2. The van der Waals surface area contributed by atoms with Crippen LogP contribution in [0.1, 0.15) is 39.5 Å². The van der Waals surface area contributed by atoms with Crippen molar-refractivity contribution in [2.75, 3.05) is 20.3 Å². The lowest BCUT2D eigenvalue weighted by Gasteiger charge is -2.16. The molecule has 0 unspecified atom stereocenters. The summed E-state index contributed by atoms with van der Waals surface area (Å²) in [6.45, 7) is 6.28. The minimum Gasteiger partial charge on any atom is -0.383 e. The molecule has 0 radical (unpaired) electrons. The van der Waals surface area contributed by atoms with E-state index in [0.29, 0.717) is 6.04 Å². The van der Waals surface area contributed by atoms with Crippen LogP contribution in [0.4, 0.5) is 0 Å². The number of hydrogen-bond donors (Lipinski definition) is 1. The third-order valence-electron chi connectivity index (χ3n) is 2.01. The Morgan fingerprint density at radius 2 is 1.75 bits per heavy atom. The molecule has 0 aliphatic carbocycles. The first-order valence-corrected chi connectivity index (χ1v) is 5.07. The highest BCUT2D eigenvalue weighted by Crippen LogP contribution is 2.03. The van der Waals surface area contributed by atoms with Crippen molar-refractivity contribution in [1.29, 1.82) is 0 Å². The van der Waals surface area contributed by atoms with Gasteiger partial charge >= 0.3 is 0 Å². The van der Waals surface area contributed by atoms with Crippen molar-refractivity contribution in [3.8, 4) is 0 Å². The number of nitrogens with one attached hydrogen (secondary N) is 1. The molecule has 0 saturated carbocycles. The standard InChI is InChI=1S/C10H23NO/c1-4-6-10(7-5-2)11-8-9-12-3/h10-11H,4-9H2,1-3H3. The van der Waals surface area contributed by atoms with E-state index in [1.165, 1.54) is 25.7 Å². The van der Waals surface area contributed by atoms with E-state index in [0.717, 1.165) is 13.2 Å². The SMILES string of the molecule is CCCC(CCC)NCCOC. The Balaban J connectivity index is 3.34. The number of ether oxygens (including phenoxy) is 1. The molecule has 0 rings (SSSR count). The van der Waals surface area contributed by atoms with E-state index in [-0.39, 0.29) is 0 Å². The maximum atomic E-state index is 4.99. The minimum absolute atomic E-state index is 0.704. The van der Waals surface area contributed by atoms with Crippen LogP contribution < -0.4 is 5.32 Å². The van der Waals surface area contributed by atoms with Crippen molar-refractivity contribution in [2.45, 2.75) is 45.6 Å². The van der Waals surface area contributed by atoms with Crippen LogP contribution in [-0.2, 0) is 4.74 Å². The highest BCUT2D eigenvalue weighted by Gasteiger charge is 2.03. The summed E-state index contributed by atoms with van der Waals surface area (Å²) in [5.41, 5.74) is 0. The van der Waals surface area contributed by atoms with Crippen LogP contribution in [-0.4, -0.2) is 26.3 Å². The number of methoxy groups -OCH3 is 1. The molecule has 0 aromatic heterocycles. The highest BCUT2D eigenvalue weighted by atomic mass is 16.5. The van der Waals surface area contributed by atoms with Crippen LogP contribution in [0.15, 0.2) is 0 Å². The Labute approximate surface area is 76.7 Å². The molecule has 0 aromatic carbocycles. The van der Waals surface area contributed by atoms with Gasteiger partial charge in [0, 0.05) is 19.7 Å². The van der Waals surface area contributed by atoms with E-state index in [1.54, 1.807) is 7.11 Å². The first-order valence-electron chi connectivity index (χ1n) is 5.07. The van der Waals surface area contributed by atoms with Crippen molar-refractivity contribution < 1.29 is 4.74 Å². The Kier molecular flexibility index (Phi) is 8.95. The highest BCUT2D eigenvalue weighted by molar-refractivity contribution is 4.64. The van der Waals surface area contributed by atoms with E-state index in [9.17, 15) is 0 Å². The summed E-state index contributed by atoms with van der Waals surface area (Å²) in [5, 5.41) is 3.50. The van der Waals surface area contributed by atoms with Gasteiger partial charge in [-0.05, 0) is 12.8 Å². The molecule has 0 amide bonds. The van der Waals surface area contributed by atoms with Crippen LogP contribution in [0.2, 0.25) is 0 Å². The first-order chi connectivity index (χ1) is 5.85. The predicted octanol–water partition coefficient (Wildman–Crippen LogP) is 2.19. The molecule has 0 atom stereocenters. The van der Waals surface area contributed by atoms with Gasteiger partial charge in [-0.1, -0.05) is 26.7 Å².